The summed E-state index contributed by atoms with van der Waals surface area (Å²) in [5, 5.41) is 1.06. The molecule has 0 bridgehead atoms. The molecule has 0 amide bonds. The molecular weight excluding hydrogens is 404 g/mol. The first-order valence-electron chi connectivity index (χ1n) is 9.00. The van der Waals surface area contributed by atoms with E-state index in [9.17, 15) is 0 Å². The highest BCUT2D eigenvalue weighted by atomic mass is 79.9. The van der Waals surface area contributed by atoms with E-state index in [1.807, 2.05) is 36.7 Å². The van der Waals surface area contributed by atoms with Crippen molar-refractivity contribution in [2.24, 2.45) is 0 Å². The van der Waals surface area contributed by atoms with Gasteiger partial charge in [0, 0.05) is 9.86 Å². The van der Waals surface area contributed by atoms with Crippen molar-refractivity contribution in [2.45, 2.75) is 26.0 Å². The van der Waals surface area contributed by atoms with Crippen LogP contribution in [-0.4, -0.2) is 21.1 Å². The van der Waals surface area contributed by atoms with Crippen LogP contribution in [-0.2, 0) is 11.3 Å². The molecule has 2 aromatic heterocycles. The molecule has 0 aliphatic heterocycles. The number of nitrogens with zero attached hydrogens (tertiary/aromatic N) is 3. The molecule has 0 fully saturated rings. The van der Waals surface area contributed by atoms with Gasteiger partial charge >= 0.3 is 0 Å². The SMILES string of the molecule is CCC(COCc1ccc(Br)cc1)n1cnc2c(N)nc3ccccc3c21. The third-order valence-corrected chi connectivity index (χ3v) is 5.32. The van der Waals surface area contributed by atoms with E-state index in [4.69, 9.17) is 10.5 Å². The zero-order chi connectivity index (χ0) is 18.8. The predicted octanol–water partition coefficient (Wildman–Crippen LogP) is 5.10. The molecule has 0 radical (unpaired) electrons. The Morgan fingerprint density at radius 2 is 1.93 bits per heavy atom. The van der Waals surface area contributed by atoms with Crippen molar-refractivity contribution in [3.63, 3.8) is 0 Å². The van der Waals surface area contributed by atoms with E-state index in [2.05, 4.69) is 55.6 Å². The van der Waals surface area contributed by atoms with Crippen LogP contribution in [0.25, 0.3) is 21.9 Å². The van der Waals surface area contributed by atoms with Crippen LogP contribution in [0.3, 0.4) is 0 Å². The number of fused-ring (bicyclic) bond motifs is 3. The number of halogens is 1. The largest absolute Gasteiger partial charge is 0.382 e. The van der Waals surface area contributed by atoms with Gasteiger partial charge in [-0.05, 0) is 30.2 Å². The van der Waals surface area contributed by atoms with Crippen LogP contribution in [0.5, 0.6) is 0 Å². The summed E-state index contributed by atoms with van der Waals surface area (Å²) < 4.78 is 9.26. The normalized spacial score (nSPS) is 12.7. The van der Waals surface area contributed by atoms with Crippen LogP contribution in [0, 0.1) is 0 Å². The standard InChI is InChI=1S/C21H21BrN4O/c1-2-16(12-27-11-14-7-9-15(22)10-8-14)26-13-24-19-20(26)17-5-3-4-6-18(17)25-21(19)23/h3-10,13,16H,2,11-12H2,1H3,(H2,23,25). The van der Waals surface area contributed by atoms with Gasteiger partial charge < -0.3 is 15.0 Å². The first-order chi connectivity index (χ1) is 13.2. The second-order valence-electron chi connectivity index (χ2n) is 6.57. The van der Waals surface area contributed by atoms with Crippen LogP contribution in [0.1, 0.15) is 24.9 Å². The van der Waals surface area contributed by atoms with Crippen LogP contribution < -0.4 is 5.73 Å². The van der Waals surface area contributed by atoms with Crippen molar-refractivity contribution in [1.29, 1.82) is 0 Å². The van der Waals surface area contributed by atoms with E-state index in [0.717, 1.165) is 38.4 Å². The maximum atomic E-state index is 6.14. The molecular formula is C21H21BrN4O. The average molecular weight is 425 g/mol. The zero-order valence-corrected chi connectivity index (χ0v) is 16.7. The van der Waals surface area contributed by atoms with Crippen molar-refractivity contribution in [2.75, 3.05) is 12.3 Å². The summed E-state index contributed by atoms with van der Waals surface area (Å²) in [5.41, 5.74) is 9.96. The van der Waals surface area contributed by atoms with Crippen molar-refractivity contribution in [1.82, 2.24) is 14.5 Å². The zero-order valence-electron chi connectivity index (χ0n) is 15.1. The molecule has 1 atom stereocenters. The minimum Gasteiger partial charge on any atom is -0.382 e. The summed E-state index contributed by atoms with van der Waals surface area (Å²) in [5.74, 6) is 0.466. The van der Waals surface area contributed by atoms with Gasteiger partial charge in [-0.1, -0.05) is 53.2 Å². The summed E-state index contributed by atoms with van der Waals surface area (Å²) in [7, 11) is 0. The molecule has 5 nitrogen and oxygen atoms in total. The summed E-state index contributed by atoms with van der Waals surface area (Å²) in [6, 6.07) is 16.4. The summed E-state index contributed by atoms with van der Waals surface area (Å²) >= 11 is 3.46. The van der Waals surface area contributed by atoms with Crippen LogP contribution in [0.2, 0.25) is 0 Å². The number of ether oxygens (including phenoxy) is 1. The highest BCUT2D eigenvalue weighted by Crippen LogP contribution is 2.30. The molecule has 6 heteroatoms. The van der Waals surface area contributed by atoms with Crippen molar-refractivity contribution < 1.29 is 4.74 Å². The van der Waals surface area contributed by atoms with E-state index in [1.165, 1.54) is 0 Å². The number of anilines is 1. The van der Waals surface area contributed by atoms with Gasteiger partial charge in [-0.25, -0.2) is 9.97 Å². The van der Waals surface area contributed by atoms with Gasteiger partial charge in [-0.15, -0.1) is 0 Å². The Bertz CT molecular complexity index is 1070. The summed E-state index contributed by atoms with van der Waals surface area (Å²) in [6.45, 7) is 3.35. The monoisotopic (exact) mass is 424 g/mol. The number of nitrogens with two attached hydrogens (primary N) is 1. The van der Waals surface area contributed by atoms with Gasteiger partial charge in [0.2, 0.25) is 0 Å². The van der Waals surface area contributed by atoms with E-state index in [-0.39, 0.29) is 6.04 Å². The highest BCUT2D eigenvalue weighted by molar-refractivity contribution is 9.10. The summed E-state index contributed by atoms with van der Waals surface area (Å²) in [6.07, 6.45) is 2.79. The molecule has 138 valence electrons. The molecule has 0 aliphatic rings. The van der Waals surface area contributed by atoms with Gasteiger partial charge in [-0.3, -0.25) is 0 Å². The molecule has 4 rings (SSSR count). The number of pyridine rings is 1. The van der Waals surface area contributed by atoms with E-state index < -0.39 is 0 Å². The maximum absolute atomic E-state index is 6.14. The Kier molecular flexibility index (Phi) is 5.09. The lowest BCUT2D eigenvalue weighted by Crippen LogP contribution is -2.14. The fourth-order valence-electron chi connectivity index (χ4n) is 3.33. The smallest absolute Gasteiger partial charge is 0.152 e. The second-order valence-corrected chi connectivity index (χ2v) is 7.48. The van der Waals surface area contributed by atoms with Gasteiger partial charge in [0.25, 0.3) is 0 Å². The lowest BCUT2D eigenvalue weighted by atomic mass is 10.1. The Labute approximate surface area is 166 Å². The van der Waals surface area contributed by atoms with E-state index >= 15 is 0 Å². The number of aromatic nitrogens is 3. The number of benzene rings is 2. The topological polar surface area (TPSA) is 66.0 Å². The number of nitrogen functional groups attached to an aromatic ring is 1. The van der Waals surface area contributed by atoms with Crippen LogP contribution >= 0.6 is 15.9 Å². The molecule has 2 N–H and O–H groups in total. The molecule has 2 heterocycles. The third-order valence-electron chi connectivity index (χ3n) is 4.79. The van der Waals surface area contributed by atoms with E-state index in [1.54, 1.807) is 0 Å². The first kappa shape index (κ1) is 17.9. The van der Waals surface area contributed by atoms with Gasteiger partial charge in [0.15, 0.2) is 5.82 Å². The van der Waals surface area contributed by atoms with Crippen molar-refractivity contribution in [3.8, 4) is 0 Å². The molecule has 0 aliphatic carbocycles. The highest BCUT2D eigenvalue weighted by Gasteiger charge is 2.17. The number of para-hydroxylation sites is 1. The second kappa shape index (κ2) is 7.66. The molecule has 4 aromatic rings. The fourth-order valence-corrected chi connectivity index (χ4v) is 3.60. The lowest BCUT2D eigenvalue weighted by molar-refractivity contribution is 0.0897. The Balaban J connectivity index is 1.62. The molecule has 0 spiro atoms. The minimum absolute atomic E-state index is 0.177. The average Bonchev–Trinajstić information content (AvgIpc) is 3.13. The van der Waals surface area contributed by atoms with Gasteiger partial charge in [-0.2, -0.15) is 0 Å². The Morgan fingerprint density at radius 3 is 2.70 bits per heavy atom. The summed E-state index contributed by atoms with van der Waals surface area (Å²) in [4.78, 5) is 9.01. The molecule has 1 unspecified atom stereocenters. The first-order valence-corrected chi connectivity index (χ1v) is 9.79. The predicted molar refractivity (Wildman–Crippen MR) is 113 cm³/mol. The fraction of sp³-hybridized carbons (Fsp3) is 0.238. The number of imidazole rings is 1. The van der Waals surface area contributed by atoms with Crippen LogP contribution in [0.4, 0.5) is 5.82 Å². The minimum atomic E-state index is 0.177. The molecule has 27 heavy (non-hydrogen) atoms. The van der Waals surface area contributed by atoms with Crippen LogP contribution in [0.15, 0.2) is 59.3 Å². The van der Waals surface area contributed by atoms with Crippen molar-refractivity contribution in [3.05, 3.63) is 64.9 Å². The molecule has 0 saturated carbocycles. The maximum Gasteiger partial charge on any atom is 0.152 e. The van der Waals surface area contributed by atoms with Crippen molar-refractivity contribution >= 4 is 43.7 Å². The Morgan fingerprint density at radius 1 is 1.15 bits per heavy atom. The Hall–Kier alpha value is -2.44. The van der Waals surface area contributed by atoms with Gasteiger partial charge in [0.1, 0.15) is 5.52 Å². The number of hydrogen-bond donors (Lipinski definition) is 1. The van der Waals surface area contributed by atoms with Gasteiger partial charge in [0.05, 0.1) is 36.6 Å². The van der Waals surface area contributed by atoms with E-state index in [0.29, 0.717) is 19.0 Å². The quantitative estimate of drug-likeness (QED) is 0.467. The lowest BCUT2D eigenvalue weighted by Gasteiger charge is -2.19. The number of rotatable bonds is 6. The number of hydrogen-bond acceptors (Lipinski definition) is 4. The molecule has 0 saturated heterocycles. The molecule has 2 aromatic carbocycles. The third kappa shape index (κ3) is 3.55.